The number of allylic oxidation sites excluding steroid dienone is 6. The van der Waals surface area contributed by atoms with Gasteiger partial charge in [0.2, 0.25) is 0 Å². The second-order valence-electron chi connectivity index (χ2n) is 4.51. The summed E-state index contributed by atoms with van der Waals surface area (Å²) in [6, 6.07) is 0. The summed E-state index contributed by atoms with van der Waals surface area (Å²) in [5, 5.41) is 0. The van der Waals surface area contributed by atoms with Crippen molar-refractivity contribution in [1.29, 1.82) is 0 Å². The molecule has 0 N–H and O–H groups in total. The van der Waals surface area contributed by atoms with Crippen molar-refractivity contribution in [3.63, 3.8) is 0 Å². The largest absolute Gasteiger partial charge is 2.00 e. The van der Waals surface area contributed by atoms with Crippen molar-refractivity contribution in [2.45, 2.75) is 53.4 Å². The van der Waals surface area contributed by atoms with E-state index in [0.717, 1.165) is 0 Å². The molecule has 0 fully saturated rings. The maximum absolute atomic E-state index is 3.56. The topological polar surface area (TPSA) is 0 Å². The average molecular weight is 321 g/mol. The van der Waals surface area contributed by atoms with Gasteiger partial charge < -0.3 is 0 Å². The second kappa shape index (κ2) is 18.0. The van der Waals surface area contributed by atoms with Crippen LogP contribution in [0.1, 0.15) is 53.4 Å². The van der Waals surface area contributed by atoms with Crippen LogP contribution in [0.2, 0.25) is 0 Å². The molecule has 0 nitrogen and oxygen atoms in total. The molecule has 98 valence electrons. The Morgan fingerprint density at radius 2 is 0.765 bits per heavy atom. The van der Waals surface area contributed by atoms with Crippen molar-refractivity contribution in [2.75, 3.05) is 0 Å². The Bertz CT molecular complexity index is 188. The van der Waals surface area contributed by atoms with Gasteiger partial charge in [-0.25, -0.2) is 0 Å². The standard InChI is InChI=1S/C8H12.2C4H8.Ru/c1-2-4-6-8-7-5-3-1;2*1-4(2)3;/h1-2,7-8H,3-6H2;2*1H2,2-3H3;/q;;;+2. The summed E-state index contributed by atoms with van der Waals surface area (Å²) in [6.07, 6.45) is 14.0. The Morgan fingerprint density at radius 3 is 0.882 bits per heavy atom. The molecule has 0 saturated carbocycles. The molecule has 17 heavy (non-hydrogen) atoms. The van der Waals surface area contributed by atoms with Crippen LogP contribution in [-0.4, -0.2) is 0 Å². The van der Waals surface area contributed by atoms with Crippen LogP contribution in [0.3, 0.4) is 0 Å². The first-order chi connectivity index (χ1) is 7.46. The molecular formula is C16H28Ru+2. The minimum Gasteiger partial charge on any atom is -0.100 e. The van der Waals surface area contributed by atoms with Crippen LogP contribution in [0.25, 0.3) is 0 Å². The summed E-state index contributed by atoms with van der Waals surface area (Å²) in [5.41, 5.74) is 2.33. The zero-order valence-electron chi connectivity index (χ0n) is 11.9. The summed E-state index contributed by atoms with van der Waals surface area (Å²) in [7, 11) is 0. The summed E-state index contributed by atoms with van der Waals surface area (Å²) < 4.78 is 0. The second-order valence-corrected chi connectivity index (χ2v) is 4.51. The first-order valence-corrected chi connectivity index (χ1v) is 6.01. The number of rotatable bonds is 0. The molecule has 0 spiro atoms. The SMILES string of the molecule is C1=CCCC=CCC1.C=C(C)C.C=C(C)C.[Ru+2]. The summed E-state index contributed by atoms with van der Waals surface area (Å²) in [4.78, 5) is 0. The Morgan fingerprint density at radius 1 is 0.647 bits per heavy atom. The van der Waals surface area contributed by atoms with Crippen molar-refractivity contribution < 1.29 is 19.5 Å². The van der Waals surface area contributed by atoms with E-state index in [2.05, 4.69) is 37.5 Å². The van der Waals surface area contributed by atoms with Crippen LogP contribution in [-0.2, 0) is 19.5 Å². The van der Waals surface area contributed by atoms with Gasteiger partial charge in [-0.15, -0.1) is 13.2 Å². The Kier molecular flexibility index (Phi) is 23.1. The predicted molar refractivity (Wildman–Crippen MR) is 77.7 cm³/mol. The van der Waals surface area contributed by atoms with E-state index < -0.39 is 0 Å². The third-order valence-electron chi connectivity index (χ3n) is 1.33. The van der Waals surface area contributed by atoms with Gasteiger partial charge in [0.25, 0.3) is 0 Å². The maximum atomic E-state index is 3.56. The molecule has 0 aromatic heterocycles. The third-order valence-corrected chi connectivity index (χ3v) is 1.33. The van der Waals surface area contributed by atoms with Crippen LogP contribution in [0.15, 0.2) is 48.6 Å². The molecule has 0 aliphatic heterocycles. The zero-order chi connectivity index (χ0) is 12.8. The Hall–Kier alpha value is -0.417. The fourth-order valence-corrected chi connectivity index (χ4v) is 0.856. The summed E-state index contributed by atoms with van der Waals surface area (Å²) in [6.45, 7) is 15.0. The molecule has 1 heteroatoms. The van der Waals surface area contributed by atoms with Gasteiger partial charge >= 0.3 is 19.5 Å². The molecule has 0 radical (unpaired) electrons. The van der Waals surface area contributed by atoms with E-state index in [0.29, 0.717) is 0 Å². The van der Waals surface area contributed by atoms with Gasteiger partial charge in [0.15, 0.2) is 0 Å². The number of hydrogen-bond donors (Lipinski definition) is 0. The van der Waals surface area contributed by atoms with E-state index in [4.69, 9.17) is 0 Å². The molecule has 0 atom stereocenters. The maximum Gasteiger partial charge on any atom is 2.00 e. The molecule has 0 bridgehead atoms. The minimum absolute atomic E-state index is 0. The quantitative estimate of drug-likeness (QED) is 0.389. The summed E-state index contributed by atoms with van der Waals surface area (Å²) >= 11 is 0. The minimum atomic E-state index is 0. The van der Waals surface area contributed by atoms with E-state index in [1.165, 1.54) is 36.8 Å². The average Bonchev–Trinajstić information content (AvgIpc) is 1.98. The van der Waals surface area contributed by atoms with Gasteiger partial charge in [0.1, 0.15) is 0 Å². The van der Waals surface area contributed by atoms with Gasteiger partial charge in [-0.1, -0.05) is 35.5 Å². The van der Waals surface area contributed by atoms with Gasteiger partial charge in [-0.05, 0) is 53.4 Å². The molecule has 1 rings (SSSR count). The van der Waals surface area contributed by atoms with Crippen molar-refractivity contribution in [1.82, 2.24) is 0 Å². The Labute approximate surface area is 121 Å². The van der Waals surface area contributed by atoms with E-state index in [9.17, 15) is 0 Å². The molecular weight excluding hydrogens is 293 g/mol. The molecule has 0 heterocycles. The van der Waals surface area contributed by atoms with Gasteiger partial charge in [-0.3, -0.25) is 0 Å². The first kappa shape index (κ1) is 21.8. The molecule has 0 unspecified atom stereocenters. The van der Waals surface area contributed by atoms with Crippen LogP contribution in [0.4, 0.5) is 0 Å². The zero-order valence-corrected chi connectivity index (χ0v) is 13.6. The van der Waals surface area contributed by atoms with Gasteiger partial charge in [0.05, 0.1) is 0 Å². The molecule has 0 amide bonds. The van der Waals surface area contributed by atoms with Crippen molar-refractivity contribution in [2.24, 2.45) is 0 Å². The van der Waals surface area contributed by atoms with Gasteiger partial charge in [0, 0.05) is 0 Å². The Balaban J connectivity index is -0.000000189. The van der Waals surface area contributed by atoms with Crippen LogP contribution in [0.5, 0.6) is 0 Å². The molecule has 0 aromatic carbocycles. The molecule has 1 aliphatic rings. The predicted octanol–water partition coefficient (Wildman–Crippen LogP) is 5.84. The fraction of sp³-hybridized carbons (Fsp3) is 0.500. The van der Waals surface area contributed by atoms with Crippen molar-refractivity contribution in [3.8, 4) is 0 Å². The molecule has 0 aromatic rings. The van der Waals surface area contributed by atoms with Crippen LogP contribution in [0, 0.1) is 0 Å². The molecule has 1 aliphatic carbocycles. The fourth-order valence-electron chi connectivity index (χ4n) is 0.856. The smallest absolute Gasteiger partial charge is 0.100 e. The monoisotopic (exact) mass is 322 g/mol. The van der Waals surface area contributed by atoms with Crippen molar-refractivity contribution >= 4 is 0 Å². The van der Waals surface area contributed by atoms with E-state index in [1.54, 1.807) is 0 Å². The first-order valence-electron chi connectivity index (χ1n) is 6.01. The van der Waals surface area contributed by atoms with Crippen LogP contribution >= 0.6 is 0 Å². The van der Waals surface area contributed by atoms with Crippen molar-refractivity contribution in [3.05, 3.63) is 48.6 Å². The van der Waals surface area contributed by atoms with Gasteiger partial charge in [-0.2, -0.15) is 0 Å². The van der Waals surface area contributed by atoms with Crippen LogP contribution < -0.4 is 0 Å². The molecule has 0 saturated heterocycles. The van der Waals surface area contributed by atoms with E-state index in [-0.39, 0.29) is 19.5 Å². The third kappa shape index (κ3) is 50.0. The number of hydrogen-bond acceptors (Lipinski definition) is 0. The van der Waals surface area contributed by atoms with E-state index >= 15 is 0 Å². The van der Waals surface area contributed by atoms with E-state index in [1.807, 2.05) is 27.7 Å². The summed E-state index contributed by atoms with van der Waals surface area (Å²) in [5.74, 6) is 0. The normalized spacial score (nSPS) is 12.5.